The average Bonchev–Trinajstić information content (AvgIpc) is 3.49. The summed E-state index contributed by atoms with van der Waals surface area (Å²) in [5, 5.41) is 10.9. The smallest absolute Gasteiger partial charge is 0.222 e. The van der Waals surface area contributed by atoms with Crippen LogP contribution in [0.25, 0.3) is 5.70 Å². The molecule has 9 nitrogen and oxygen atoms in total. The van der Waals surface area contributed by atoms with Gasteiger partial charge in [0, 0.05) is 74.9 Å². The number of amidine groups is 2. The standard InChI is InChI=1S/C31H37N7O2/c32-22-24-7-9-25(10-8-24)28-23-38-16-15-33-31(38)30(35-28)34-26-11-13-27(14-12-26)36-17-19-37(20-18-36)29(40)6-4-2-1-3-5-21-39/h7-14,21-23,32H,1-6,15-20H2,(H,34,35). The molecule has 1 saturated heterocycles. The average molecular weight is 540 g/mol. The number of hydrogen-bond donors (Lipinski definition) is 2. The van der Waals surface area contributed by atoms with Gasteiger partial charge in [0.2, 0.25) is 5.91 Å². The Hall–Kier alpha value is -4.27. The number of carbonyl (C=O) groups excluding carboxylic acids is 2. The number of carbonyl (C=O) groups is 2. The van der Waals surface area contributed by atoms with Gasteiger partial charge in [-0.15, -0.1) is 0 Å². The lowest BCUT2D eigenvalue weighted by molar-refractivity contribution is -0.131. The van der Waals surface area contributed by atoms with Crippen molar-refractivity contribution in [2.75, 3.05) is 49.5 Å². The van der Waals surface area contributed by atoms with Crippen molar-refractivity contribution in [3.05, 3.63) is 65.9 Å². The molecule has 3 aliphatic heterocycles. The van der Waals surface area contributed by atoms with Gasteiger partial charge in [0.25, 0.3) is 0 Å². The molecule has 0 aromatic heterocycles. The summed E-state index contributed by atoms with van der Waals surface area (Å²) in [4.78, 5) is 39.0. The molecule has 2 aromatic rings. The largest absolute Gasteiger partial charge is 0.368 e. The van der Waals surface area contributed by atoms with Crippen LogP contribution in [0.1, 0.15) is 49.7 Å². The Balaban J connectivity index is 1.15. The second-order valence-corrected chi connectivity index (χ2v) is 10.3. The third-order valence-corrected chi connectivity index (χ3v) is 7.56. The van der Waals surface area contributed by atoms with Crippen molar-refractivity contribution < 1.29 is 9.59 Å². The molecule has 1 fully saturated rings. The molecule has 208 valence electrons. The van der Waals surface area contributed by atoms with Crippen LogP contribution < -0.4 is 10.2 Å². The molecule has 40 heavy (non-hydrogen) atoms. The second-order valence-electron chi connectivity index (χ2n) is 10.3. The zero-order valence-electron chi connectivity index (χ0n) is 22.9. The fraction of sp³-hybridized carbons (Fsp3) is 0.387. The number of amides is 1. The van der Waals surface area contributed by atoms with E-state index >= 15 is 0 Å². The van der Waals surface area contributed by atoms with Crippen molar-refractivity contribution in [1.82, 2.24) is 9.80 Å². The van der Waals surface area contributed by atoms with Crippen molar-refractivity contribution >= 4 is 47.2 Å². The Morgan fingerprint density at radius 1 is 0.925 bits per heavy atom. The quantitative estimate of drug-likeness (QED) is 0.250. The third-order valence-electron chi connectivity index (χ3n) is 7.56. The molecule has 5 rings (SSSR count). The number of benzene rings is 2. The molecule has 2 N–H and O–H groups in total. The van der Waals surface area contributed by atoms with E-state index in [9.17, 15) is 9.59 Å². The molecule has 0 atom stereocenters. The molecule has 3 heterocycles. The number of unbranched alkanes of at least 4 members (excludes halogenated alkanes) is 4. The summed E-state index contributed by atoms with van der Waals surface area (Å²) >= 11 is 0. The summed E-state index contributed by atoms with van der Waals surface area (Å²) in [5.41, 5.74) is 4.81. The summed E-state index contributed by atoms with van der Waals surface area (Å²) in [6, 6.07) is 16.2. The highest BCUT2D eigenvalue weighted by atomic mass is 16.2. The Morgan fingerprint density at radius 3 is 2.40 bits per heavy atom. The minimum Gasteiger partial charge on any atom is -0.368 e. The maximum atomic E-state index is 12.6. The van der Waals surface area contributed by atoms with Crippen LogP contribution in [0.3, 0.4) is 0 Å². The molecule has 1 amide bonds. The maximum absolute atomic E-state index is 12.6. The summed E-state index contributed by atoms with van der Waals surface area (Å²) < 4.78 is 0. The summed E-state index contributed by atoms with van der Waals surface area (Å²) in [6.45, 7) is 4.69. The van der Waals surface area contributed by atoms with Crippen LogP contribution in [-0.2, 0) is 9.59 Å². The first kappa shape index (κ1) is 27.3. The molecule has 0 spiro atoms. The normalized spacial score (nSPS) is 16.6. The third kappa shape index (κ3) is 6.65. The minimum absolute atomic E-state index is 0.241. The lowest BCUT2D eigenvalue weighted by Gasteiger charge is -2.36. The van der Waals surface area contributed by atoms with Gasteiger partial charge >= 0.3 is 0 Å². The van der Waals surface area contributed by atoms with Gasteiger partial charge in [-0.25, -0.2) is 4.99 Å². The lowest BCUT2D eigenvalue weighted by atomic mass is 10.1. The highest BCUT2D eigenvalue weighted by Gasteiger charge is 2.26. The molecular formula is C31H37N7O2. The van der Waals surface area contributed by atoms with Crippen molar-refractivity contribution in [3.8, 4) is 0 Å². The van der Waals surface area contributed by atoms with E-state index < -0.39 is 0 Å². The predicted octanol–water partition coefficient (Wildman–Crippen LogP) is 4.41. The Bertz CT molecular complexity index is 1290. The van der Waals surface area contributed by atoms with E-state index in [-0.39, 0.29) is 5.91 Å². The first-order chi connectivity index (χ1) is 19.6. The number of nitrogens with zero attached hydrogens (tertiary/aromatic N) is 5. The van der Waals surface area contributed by atoms with E-state index in [1.165, 1.54) is 6.21 Å². The molecule has 0 bridgehead atoms. The van der Waals surface area contributed by atoms with Gasteiger partial charge in [-0.2, -0.15) is 0 Å². The number of rotatable bonds is 11. The van der Waals surface area contributed by atoms with E-state index in [1.807, 2.05) is 35.4 Å². The first-order valence-corrected chi connectivity index (χ1v) is 14.2. The molecule has 3 aliphatic rings. The minimum atomic E-state index is 0.241. The summed E-state index contributed by atoms with van der Waals surface area (Å²) in [6.07, 6.45) is 9.41. The molecular weight excluding hydrogens is 502 g/mol. The number of fused-ring (bicyclic) bond motifs is 1. The molecule has 0 radical (unpaired) electrons. The zero-order chi connectivity index (χ0) is 27.7. The molecule has 0 aliphatic carbocycles. The van der Waals surface area contributed by atoms with Gasteiger partial charge in [0.15, 0.2) is 11.7 Å². The van der Waals surface area contributed by atoms with Gasteiger partial charge < -0.3 is 30.2 Å². The number of nitrogens with one attached hydrogen (secondary N) is 2. The van der Waals surface area contributed by atoms with Crippen molar-refractivity contribution in [2.45, 2.75) is 38.5 Å². The van der Waals surface area contributed by atoms with E-state index in [0.29, 0.717) is 12.8 Å². The fourth-order valence-electron chi connectivity index (χ4n) is 5.24. The fourth-order valence-corrected chi connectivity index (χ4v) is 5.24. The van der Waals surface area contributed by atoms with Crippen LogP contribution in [-0.4, -0.2) is 79.1 Å². The monoisotopic (exact) mass is 539 g/mol. The number of hydrogen-bond acceptors (Lipinski definition) is 8. The number of aliphatic imine (C=N–C) groups is 2. The second kappa shape index (κ2) is 13.2. The van der Waals surface area contributed by atoms with Crippen molar-refractivity contribution in [3.63, 3.8) is 0 Å². The maximum Gasteiger partial charge on any atom is 0.222 e. The van der Waals surface area contributed by atoms with Crippen LogP contribution in [0.15, 0.2) is 64.7 Å². The van der Waals surface area contributed by atoms with Crippen LogP contribution in [0.5, 0.6) is 0 Å². The summed E-state index contributed by atoms with van der Waals surface area (Å²) in [7, 11) is 0. The van der Waals surface area contributed by atoms with Gasteiger partial charge in [0.1, 0.15) is 6.29 Å². The highest BCUT2D eigenvalue weighted by Crippen LogP contribution is 2.25. The predicted molar refractivity (Wildman–Crippen MR) is 161 cm³/mol. The van der Waals surface area contributed by atoms with Crippen molar-refractivity contribution in [2.24, 2.45) is 9.98 Å². The molecule has 9 heteroatoms. The number of aldehydes is 1. The van der Waals surface area contributed by atoms with E-state index in [1.54, 1.807) is 0 Å². The Labute approximate surface area is 235 Å². The Kier molecular flexibility index (Phi) is 9.00. The van der Waals surface area contributed by atoms with Gasteiger partial charge in [-0.1, -0.05) is 37.1 Å². The van der Waals surface area contributed by atoms with Gasteiger partial charge in [0.05, 0.1) is 12.2 Å². The van der Waals surface area contributed by atoms with E-state index in [2.05, 4.69) is 44.4 Å². The zero-order valence-corrected chi connectivity index (χ0v) is 22.9. The van der Waals surface area contributed by atoms with Crippen LogP contribution in [0.2, 0.25) is 0 Å². The number of anilines is 2. The van der Waals surface area contributed by atoms with Crippen LogP contribution in [0.4, 0.5) is 11.4 Å². The summed E-state index contributed by atoms with van der Waals surface area (Å²) in [5.74, 6) is 1.83. The Morgan fingerprint density at radius 2 is 1.68 bits per heavy atom. The van der Waals surface area contributed by atoms with E-state index in [4.69, 9.17) is 10.4 Å². The topological polar surface area (TPSA) is 104 Å². The SMILES string of the molecule is N=Cc1ccc(C2=CN3CCN=C3C(Nc3ccc(N4CCN(C(=O)CCCCCCC=O)CC4)cc3)=N2)cc1. The van der Waals surface area contributed by atoms with Gasteiger partial charge in [-0.3, -0.25) is 9.79 Å². The van der Waals surface area contributed by atoms with Crippen LogP contribution in [0, 0.1) is 5.41 Å². The van der Waals surface area contributed by atoms with Gasteiger partial charge in [-0.05, 0) is 42.7 Å². The number of piperazine rings is 1. The highest BCUT2D eigenvalue weighted by molar-refractivity contribution is 6.46. The molecule has 0 unspecified atom stereocenters. The first-order valence-electron chi connectivity index (χ1n) is 14.2. The van der Waals surface area contributed by atoms with Crippen LogP contribution >= 0.6 is 0 Å². The molecule has 0 saturated carbocycles. The lowest BCUT2D eigenvalue weighted by Crippen LogP contribution is -2.48. The van der Waals surface area contributed by atoms with E-state index in [0.717, 1.165) is 111 Å². The van der Waals surface area contributed by atoms with Crippen molar-refractivity contribution in [1.29, 1.82) is 5.41 Å². The molecule has 2 aromatic carbocycles.